The molecule has 0 spiro atoms. The molecule has 3 heteroatoms. The van der Waals surface area contributed by atoms with Crippen LogP contribution in [0.2, 0.25) is 0 Å². The number of ether oxygens (including phenoxy) is 1. The Morgan fingerprint density at radius 3 is 2.70 bits per heavy atom. The molecule has 2 aromatic carbocycles. The highest BCUT2D eigenvalue weighted by Crippen LogP contribution is 2.20. The summed E-state index contributed by atoms with van der Waals surface area (Å²) in [5, 5.41) is 11.5. The van der Waals surface area contributed by atoms with Crippen LogP contribution in [0.4, 0.5) is 0 Å². The van der Waals surface area contributed by atoms with E-state index in [1.54, 1.807) is 0 Å². The number of unbranched alkanes of at least 4 members (excludes halogenated alkanes) is 1. The molecular weight excluding hydrogens is 252 g/mol. The van der Waals surface area contributed by atoms with Crippen molar-refractivity contribution in [2.45, 2.75) is 32.3 Å². The first-order valence-electron chi connectivity index (χ1n) is 7.03. The third-order valence-corrected chi connectivity index (χ3v) is 3.38. The summed E-state index contributed by atoms with van der Waals surface area (Å²) in [5.41, 5.74) is 1.02. The minimum absolute atomic E-state index is 0.403. The predicted octanol–water partition coefficient (Wildman–Crippen LogP) is 3.65. The standard InChI is InChI=1S/C17H20O3/c1-2-3-11-20-16(17(18)19)12-14-9-6-8-13-7-4-5-10-15(13)14/h4-10,16H,2-3,11-12H2,1H3,(H,18,19). The number of carboxylic acid groups (broad SMARTS) is 1. The van der Waals surface area contributed by atoms with E-state index >= 15 is 0 Å². The summed E-state index contributed by atoms with van der Waals surface area (Å²) in [7, 11) is 0. The van der Waals surface area contributed by atoms with E-state index in [9.17, 15) is 9.90 Å². The second-order valence-corrected chi connectivity index (χ2v) is 4.89. The fraction of sp³-hybridized carbons (Fsp3) is 0.353. The summed E-state index contributed by atoms with van der Waals surface area (Å²) < 4.78 is 5.50. The molecule has 0 fully saturated rings. The summed E-state index contributed by atoms with van der Waals surface area (Å²) in [6.07, 6.45) is 1.52. The van der Waals surface area contributed by atoms with E-state index in [4.69, 9.17) is 4.74 Å². The molecule has 20 heavy (non-hydrogen) atoms. The van der Waals surface area contributed by atoms with Gasteiger partial charge in [-0.25, -0.2) is 4.79 Å². The molecule has 0 amide bonds. The lowest BCUT2D eigenvalue weighted by Gasteiger charge is -2.15. The van der Waals surface area contributed by atoms with Gasteiger partial charge in [0.05, 0.1) is 0 Å². The summed E-state index contributed by atoms with van der Waals surface area (Å²) >= 11 is 0. The predicted molar refractivity (Wildman–Crippen MR) is 79.9 cm³/mol. The lowest BCUT2D eigenvalue weighted by Crippen LogP contribution is -2.27. The number of carbonyl (C=O) groups is 1. The fourth-order valence-corrected chi connectivity index (χ4v) is 2.26. The smallest absolute Gasteiger partial charge is 0.333 e. The van der Waals surface area contributed by atoms with Crippen LogP contribution in [0.25, 0.3) is 10.8 Å². The first-order chi connectivity index (χ1) is 9.72. The molecule has 0 aliphatic carbocycles. The maximum Gasteiger partial charge on any atom is 0.333 e. The van der Waals surface area contributed by atoms with Crippen molar-refractivity contribution in [1.82, 2.24) is 0 Å². The third-order valence-electron chi connectivity index (χ3n) is 3.38. The molecule has 0 radical (unpaired) electrons. The first-order valence-corrected chi connectivity index (χ1v) is 7.03. The Bertz CT molecular complexity index is 572. The average molecular weight is 272 g/mol. The van der Waals surface area contributed by atoms with Crippen LogP contribution in [0.1, 0.15) is 25.3 Å². The molecule has 0 heterocycles. The van der Waals surface area contributed by atoms with Gasteiger partial charge >= 0.3 is 5.97 Å². The molecule has 0 aromatic heterocycles. The Kier molecular flexibility index (Phi) is 5.13. The van der Waals surface area contributed by atoms with E-state index in [1.165, 1.54) is 0 Å². The monoisotopic (exact) mass is 272 g/mol. The number of hydrogen-bond donors (Lipinski definition) is 1. The lowest BCUT2D eigenvalue weighted by atomic mass is 10.00. The maximum atomic E-state index is 11.3. The van der Waals surface area contributed by atoms with Gasteiger partial charge in [-0.2, -0.15) is 0 Å². The zero-order valence-corrected chi connectivity index (χ0v) is 11.7. The number of carboxylic acids is 1. The first kappa shape index (κ1) is 14.5. The minimum Gasteiger partial charge on any atom is -0.479 e. The van der Waals surface area contributed by atoms with Crippen molar-refractivity contribution in [1.29, 1.82) is 0 Å². The molecule has 0 aliphatic heterocycles. The topological polar surface area (TPSA) is 46.5 Å². The molecular formula is C17H20O3. The van der Waals surface area contributed by atoms with Gasteiger partial charge in [0.2, 0.25) is 0 Å². The molecule has 106 valence electrons. The van der Waals surface area contributed by atoms with Gasteiger partial charge in [0.1, 0.15) is 0 Å². The average Bonchev–Trinajstić information content (AvgIpc) is 2.46. The van der Waals surface area contributed by atoms with Crippen molar-refractivity contribution < 1.29 is 14.6 Å². The molecule has 0 saturated heterocycles. The molecule has 1 unspecified atom stereocenters. The maximum absolute atomic E-state index is 11.3. The normalized spacial score (nSPS) is 12.4. The highest BCUT2D eigenvalue weighted by molar-refractivity contribution is 5.86. The van der Waals surface area contributed by atoms with Crippen molar-refractivity contribution in [2.24, 2.45) is 0 Å². The second kappa shape index (κ2) is 7.06. The number of rotatable bonds is 7. The summed E-state index contributed by atoms with van der Waals surface area (Å²) in [6.45, 7) is 2.56. The van der Waals surface area contributed by atoms with Crippen LogP contribution in [0.5, 0.6) is 0 Å². The van der Waals surface area contributed by atoms with Crippen molar-refractivity contribution in [3.63, 3.8) is 0 Å². The summed E-state index contributed by atoms with van der Waals surface area (Å²) in [6, 6.07) is 14.0. The Morgan fingerprint density at radius 1 is 1.20 bits per heavy atom. The van der Waals surface area contributed by atoms with Crippen LogP contribution >= 0.6 is 0 Å². The van der Waals surface area contributed by atoms with Crippen LogP contribution in [-0.4, -0.2) is 23.8 Å². The lowest BCUT2D eigenvalue weighted by molar-refractivity contribution is -0.150. The molecule has 0 saturated carbocycles. The Labute approximate surface area is 119 Å². The van der Waals surface area contributed by atoms with Gasteiger partial charge < -0.3 is 9.84 Å². The SMILES string of the molecule is CCCCOC(Cc1cccc2ccccc12)C(=O)O. The summed E-state index contributed by atoms with van der Waals surface area (Å²) in [5.74, 6) is -0.894. The minimum atomic E-state index is -0.894. The van der Waals surface area contributed by atoms with Crippen molar-refractivity contribution in [2.75, 3.05) is 6.61 Å². The Hall–Kier alpha value is -1.87. The van der Waals surface area contributed by atoms with E-state index in [-0.39, 0.29) is 0 Å². The van der Waals surface area contributed by atoms with Gasteiger partial charge in [-0.05, 0) is 22.8 Å². The number of aliphatic carboxylic acids is 1. The van der Waals surface area contributed by atoms with Gasteiger partial charge in [-0.1, -0.05) is 55.8 Å². The third kappa shape index (κ3) is 3.58. The van der Waals surface area contributed by atoms with Crippen molar-refractivity contribution in [3.05, 3.63) is 48.0 Å². The van der Waals surface area contributed by atoms with Gasteiger partial charge in [0.15, 0.2) is 6.10 Å². The molecule has 2 rings (SSSR count). The highest BCUT2D eigenvalue weighted by Gasteiger charge is 2.19. The Balaban J connectivity index is 2.18. The highest BCUT2D eigenvalue weighted by atomic mass is 16.5. The molecule has 1 N–H and O–H groups in total. The molecule has 0 bridgehead atoms. The van der Waals surface area contributed by atoms with Gasteiger partial charge in [0, 0.05) is 13.0 Å². The van der Waals surface area contributed by atoms with Gasteiger partial charge in [-0.15, -0.1) is 0 Å². The molecule has 0 aliphatic rings. The van der Waals surface area contributed by atoms with E-state index in [0.29, 0.717) is 13.0 Å². The van der Waals surface area contributed by atoms with Crippen LogP contribution < -0.4 is 0 Å². The largest absolute Gasteiger partial charge is 0.479 e. The zero-order valence-electron chi connectivity index (χ0n) is 11.7. The van der Waals surface area contributed by atoms with E-state index in [0.717, 1.165) is 29.2 Å². The number of fused-ring (bicyclic) bond motifs is 1. The molecule has 3 nitrogen and oxygen atoms in total. The van der Waals surface area contributed by atoms with Crippen molar-refractivity contribution in [3.8, 4) is 0 Å². The van der Waals surface area contributed by atoms with Gasteiger partial charge in [-0.3, -0.25) is 0 Å². The molecule has 1 atom stereocenters. The van der Waals surface area contributed by atoms with E-state index < -0.39 is 12.1 Å². The summed E-state index contributed by atoms with van der Waals surface area (Å²) in [4.78, 5) is 11.3. The van der Waals surface area contributed by atoms with Crippen LogP contribution in [-0.2, 0) is 16.0 Å². The zero-order chi connectivity index (χ0) is 14.4. The second-order valence-electron chi connectivity index (χ2n) is 4.89. The van der Waals surface area contributed by atoms with Crippen molar-refractivity contribution >= 4 is 16.7 Å². The number of benzene rings is 2. The quantitative estimate of drug-likeness (QED) is 0.782. The van der Waals surface area contributed by atoms with E-state index in [2.05, 4.69) is 6.92 Å². The Morgan fingerprint density at radius 2 is 1.95 bits per heavy atom. The van der Waals surface area contributed by atoms with Crippen LogP contribution in [0.3, 0.4) is 0 Å². The number of hydrogen-bond acceptors (Lipinski definition) is 2. The molecule has 2 aromatic rings. The van der Waals surface area contributed by atoms with E-state index in [1.807, 2.05) is 42.5 Å². The van der Waals surface area contributed by atoms with Crippen LogP contribution in [0.15, 0.2) is 42.5 Å². The fourth-order valence-electron chi connectivity index (χ4n) is 2.26. The van der Waals surface area contributed by atoms with Crippen LogP contribution in [0, 0.1) is 0 Å². The van der Waals surface area contributed by atoms with Gasteiger partial charge in [0.25, 0.3) is 0 Å².